The average Bonchev–Trinajstić information content (AvgIpc) is 3.61. The normalized spacial score (nSPS) is 15.7. The Balaban J connectivity index is 1.44. The Labute approximate surface area is 195 Å². The van der Waals surface area contributed by atoms with Crippen LogP contribution in [-0.2, 0) is 9.53 Å². The van der Waals surface area contributed by atoms with Gasteiger partial charge in [-0.3, -0.25) is 9.36 Å². The Bertz CT molecular complexity index is 1260. The number of thioether (sulfide) groups is 1. The van der Waals surface area contributed by atoms with E-state index < -0.39 is 0 Å². The number of hydrogen-bond acceptors (Lipinski definition) is 6. The standard InChI is InChI=1S/C24H25N5O3S/c1-31-17-7-4-6-16(12-17)29-23(20-14-25-21-10-3-2-9-19(20)21)27-28-24(29)33-15-22(30)26-13-18-8-5-11-32-18/h2-4,6-7,9-10,12,14,18,25H,5,8,11,13,15H2,1H3,(H,26,30)/t18-/m0/s1. The average molecular weight is 464 g/mol. The molecular weight excluding hydrogens is 438 g/mol. The smallest absolute Gasteiger partial charge is 0.230 e. The van der Waals surface area contributed by atoms with Gasteiger partial charge >= 0.3 is 0 Å². The second kappa shape index (κ2) is 9.68. The van der Waals surface area contributed by atoms with Crippen LogP contribution >= 0.6 is 11.8 Å². The molecular formula is C24H25N5O3S. The van der Waals surface area contributed by atoms with Gasteiger partial charge in [0.1, 0.15) is 5.75 Å². The number of H-pyrrole nitrogens is 1. The predicted octanol–water partition coefficient (Wildman–Crippen LogP) is 3.81. The summed E-state index contributed by atoms with van der Waals surface area (Å²) in [6.45, 7) is 1.32. The Morgan fingerprint density at radius 2 is 2.18 bits per heavy atom. The van der Waals surface area contributed by atoms with Crippen molar-refractivity contribution in [1.82, 2.24) is 25.1 Å². The third-order valence-electron chi connectivity index (χ3n) is 5.66. The molecule has 0 unspecified atom stereocenters. The molecule has 0 aliphatic carbocycles. The van der Waals surface area contributed by atoms with Gasteiger partial charge in [0, 0.05) is 41.9 Å². The van der Waals surface area contributed by atoms with Crippen LogP contribution < -0.4 is 10.1 Å². The Morgan fingerprint density at radius 3 is 3.03 bits per heavy atom. The highest BCUT2D eigenvalue weighted by molar-refractivity contribution is 7.99. The highest BCUT2D eigenvalue weighted by atomic mass is 32.2. The number of benzene rings is 2. The Morgan fingerprint density at radius 1 is 1.27 bits per heavy atom. The Kier molecular flexibility index (Phi) is 6.32. The topological polar surface area (TPSA) is 94.1 Å². The van der Waals surface area contributed by atoms with E-state index in [2.05, 4.69) is 26.6 Å². The van der Waals surface area contributed by atoms with Crippen LogP contribution in [0.25, 0.3) is 28.0 Å². The number of carbonyl (C=O) groups excluding carboxylic acids is 1. The summed E-state index contributed by atoms with van der Waals surface area (Å²) in [6, 6.07) is 15.8. The summed E-state index contributed by atoms with van der Waals surface area (Å²) in [5.41, 5.74) is 2.83. The molecule has 8 nitrogen and oxygen atoms in total. The third kappa shape index (κ3) is 4.60. The van der Waals surface area contributed by atoms with Gasteiger partial charge in [0.15, 0.2) is 11.0 Å². The van der Waals surface area contributed by atoms with E-state index in [9.17, 15) is 4.79 Å². The van der Waals surface area contributed by atoms with Crippen LogP contribution in [0.1, 0.15) is 12.8 Å². The molecule has 9 heteroatoms. The van der Waals surface area contributed by atoms with E-state index >= 15 is 0 Å². The maximum absolute atomic E-state index is 12.5. The van der Waals surface area contributed by atoms with E-state index in [1.165, 1.54) is 11.8 Å². The van der Waals surface area contributed by atoms with Crippen LogP contribution in [-0.4, -0.2) is 57.8 Å². The van der Waals surface area contributed by atoms with E-state index in [-0.39, 0.29) is 17.8 Å². The molecule has 4 aromatic rings. The number of carbonyl (C=O) groups is 1. The van der Waals surface area contributed by atoms with Crippen LogP contribution in [0.2, 0.25) is 0 Å². The van der Waals surface area contributed by atoms with Gasteiger partial charge < -0.3 is 19.8 Å². The monoisotopic (exact) mass is 463 g/mol. The van der Waals surface area contributed by atoms with E-state index in [0.717, 1.165) is 47.4 Å². The summed E-state index contributed by atoms with van der Waals surface area (Å²) in [5.74, 6) is 1.62. The molecule has 0 radical (unpaired) electrons. The van der Waals surface area contributed by atoms with E-state index in [0.29, 0.717) is 17.5 Å². The van der Waals surface area contributed by atoms with Gasteiger partial charge in [-0.25, -0.2) is 0 Å². The van der Waals surface area contributed by atoms with E-state index in [1.807, 2.05) is 53.2 Å². The van der Waals surface area contributed by atoms with Gasteiger partial charge in [-0.05, 0) is 31.0 Å². The van der Waals surface area contributed by atoms with Crippen LogP contribution in [0.3, 0.4) is 0 Å². The number of fused-ring (bicyclic) bond motifs is 1. The van der Waals surface area contributed by atoms with Crippen molar-refractivity contribution < 1.29 is 14.3 Å². The number of hydrogen-bond donors (Lipinski definition) is 2. The zero-order chi connectivity index (χ0) is 22.6. The summed E-state index contributed by atoms with van der Waals surface area (Å²) >= 11 is 1.35. The van der Waals surface area contributed by atoms with Crippen molar-refractivity contribution in [3.63, 3.8) is 0 Å². The molecule has 0 spiro atoms. The molecule has 2 aromatic heterocycles. The van der Waals surface area contributed by atoms with Gasteiger partial charge in [-0.15, -0.1) is 10.2 Å². The van der Waals surface area contributed by atoms with Crippen LogP contribution in [0.5, 0.6) is 5.75 Å². The number of nitrogens with one attached hydrogen (secondary N) is 2. The van der Waals surface area contributed by atoms with Crippen molar-refractivity contribution >= 4 is 28.6 Å². The fourth-order valence-electron chi connectivity index (χ4n) is 3.99. The summed E-state index contributed by atoms with van der Waals surface area (Å²) in [6.07, 6.45) is 4.10. The van der Waals surface area contributed by atoms with E-state index in [1.54, 1.807) is 7.11 Å². The van der Waals surface area contributed by atoms with Crippen LogP contribution in [0, 0.1) is 0 Å². The summed E-state index contributed by atoms with van der Waals surface area (Å²) in [4.78, 5) is 15.8. The maximum Gasteiger partial charge on any atom is 0.230 e. The first-order valence-electron chi connectivity index (χ1n) is 10.9. The number of methoxy groups -OCH3 is 1. The number of ether oxygens (including phenoxy) is 2. The molecule has 1 fully saturated rings. The second-order valence-corrected chi connectivity index (χ2v) is 8.76. The number of aromatic amines is 1. The minimum atomic E-state index is -0.0515. The van der Waals surface area contributed by atoms with Crippen molar-refractivity contribution in [2.24, 2.45) is 0 Å². The van der Waals surface area contributed by atoms with Crippen molar-refractivity contribution in [2.75, 3.05) is 26.0 Å². The minimum absolute atomic E-state index is 0.0515. The van der Waals surface area contributed by atoms with Crippen molar-refractivity contribution in [1.29, 1.82) is 0 Å². The lowest BCUT2D eigenvalue weighted by atomic mass is 10.1. The maximum atomic E-state index is 12.5. The van der Waals surface area contributed by atoms with Crippen molar-refractivity contribution in [3.05, 3.63) is 54.7 Å². The van der Waals surface area contributed by atoms with E-state index in [4.69, 9.17) is 9.47 Å². The van der Waals surface area contributed by atoms with Crippen molar-refractivity contribution in [2.45, 2.75) is 24.1 Å². The van der Waals surface area contributed by atoms with Gasteiger partial charge in [0.2, 0.25) is 5.91 Å². The quantitative estimate of drug-likeness (QED) is 0.386. The highest BCUT2D eigenvalue weighted by Gasteiger charge is 2.21. The first-order valence-corrected chi connectivity index (χ1v) is 11.9. The Hall–Kier alpha value is -3.30. The SMILES string of the molecule is COc1cccc(-n2c(SCC(=O)NC[C@@H]3CCCO3)nnc2-c2c[nH]c3ccccc23)c1. The minimum Gasteiger partial charge on any atom is -0.497 e. The van der Waals surface area contributed by atoms with Gasteiger partial charge in [0.05, 0.1) is 24.7 Å². The third-order valence-corrected chi connectivity index (χ3v) is 6.59. The molecule has 2 aromatic carbocycles. The first-order chi connectivity index (χ1) is 16.2. The molecule has 0 bridgehead atoms. The van der Waals surface area contributed by atoms with Crippen LogP contribution in [0.4, 0.5) is 0 Å². The number of rotatable bonds is 8. The number of nitrogens with zero attached hydrogens (tertiary/aromatic N) is 3. The highest BCUT2D eigenvalue weighted by Crippen LogP contribution is 2.33. The zero-order valence-electron chi connectivity index (χ0n) is 18.3. The van der Waals surface area contributed by atoms with Gasteiger partial charge in [-0.2, -0.15) is 0 Å². The first kappa shape index (κ1) is 21.5. The fourth-order valence-corrected chi connectivity index (χ4v) is 4.77. The molecule has 0 saturated carbocycles. The second-order valence-electron chi connectivity index (χ2n) is 7.82. The van der Waals surface area contributed by atoms with Gasteiger partial charge in [0.25, 0.3) is 0 Å². The fraction of sp³-hybridized carbons (Fsp3) is 0.292. The summed E-state index contributed by atoms with van der Waals surface area (Å²) in [5, 5.41) is 13.6. The number of aromatic nitrogens is 4. The van der Waals surface area contributed by atoms with Gasteiger partial charge in [-0.1, -0.05) is 36.0 Å². The lowest BCUT2D eigenvalue weighted by molar-refractivity contribution is -0.119. The summed E-state index contributed by atoms with van der Waals surface area (Å²) in [7, 11) is 1.64. The lowest BCUT2D eigenvalue weighted by Gasteiger charge is -2.12. The van der Waals surface area contributed by atoms with Crippen LogP contribution in [0.15, 0.2) is 59.9 Å². The van der Waals surface area contributed by atoms with Crippen molar-refractivity contribution in [3.8, 4) is 22.8 Å². The molecule has 1 aliphatic heterocycles. The molecule has 1 amide bonds. The molecule has 1 atom stereocenters. The molecule has 170 valence electrons. The largest absolute Gasteiger partial charge is 0.497 e. The molecule has 2 N–H and O–H groups in total. The lowest BCUT2D eigenvalue weighted by Crippen LogP contribution is -2.32. The molecule has 33 heavy (non-hydrogen) atoms. The molecule has 3 heterocycles. The predicted molar refractivity (Wildman–Crippen MR) is 128 cm³/mol. The molecule has 1 saturated heterocycles. The summed E-state index contributed by atoms with van der Waals surface area (Å²) < 4.78 is 13.0. The number of para-hydroxylation sites is 1. The molecule has 1 aliphatic rings. The molecule has 5 rings (SSSR count). The zero-order valence-corrected chi connectivity index (χ0v) is 19.1. The number of amides is 1.